The molecule has 1 aromatic heterocycles. The quantitative estimate of drug-likeness (QED) is 0.486. The van der Waals surface area contributed by atoms with Crippen molar-refractivity contribution in [1.82, 2.24) is 20.5 Å². The third-order valence-corrected chi connectivity index (χ3v) is 6.11. The second-order valence-corrected chi connectivity index (χ2v) is 8.17. The summed E-state index contributed by atoms with van der Waals surface area (Å²) in [6.45, 7) is 0.244. The molecule has 0 radical (unpaired) electrons. The van der Waals surface area contributed by atoms with Gasteiger partial charge in [0.25, 0.3) is 11.8 Å². The summed E-state index contributed by atoms with van der Waals surface area (Å²) < 4.78 is 6.17. The van der Waals surface area contributed by atoms with Crippen molar-refractivity contribution in [2.45, 2.75) is 12.1 Å². The molecule has 0 bridgehead atoms. The Bertz CT molecular complexity index is 1320. The molecule has 1 atom stereocenters. The number of aromatic nitrogens is 1. The topological polar surface area (TPSA) is 101 Å². The van der Waals surface area contributed by atoms with E-state index in [4.69, 9.17) is 4.74 Å². The molecule has 0 spiro atoms. The van der Waals surface area contributed by atoms with Crippen molar-refractivity contribution in [3.05, 3.63) is 58.6 Å². The molecular weight excluding hydrogens is 416 g/mol. The highest BCUT2D eigenvalue weighted by atomic mass is 32.1. The summed E-state index contributed by atoms with van der Waals surface area (Å²) in [6.07, 6.45) is 0. The van der Waals surface area contributed by atoms with Crippen molar-refractivity contribution in [3.63, 3.8) is 0 Å². The summed E-state index contributed by atoms with van der Waals surface area (Å²) in [4.78, 5) is 43.3. The van der Waals surface area contributed by atoms with Gasteiger partial charge in [-0.15, -0.1) is 11.3 Å². The molecule has 5 rings (SSSR count). The molecule has 4 amide bonds. The minimum atomic E-state index is -1.54. The number of ether oxygens (including phenoxy) is 1. The number of amides is 4. The average Bonchev–Trinajstić information content (AvgIpc) is 3.43. The number of urea groups is 1. The molecule has 0 aliphatic carbocycles. The van der Waals surface area contributed by atoms with Crippen LogP contribution in [0.4, 0.5) is 4.79 Å². The lowest BCUT2D eigenvalue weighted by molar-refractivity contribution is -0.122. The number of nitrogens with zero attached hydrogens (tertiary/aromatic N) is 2. The van der Waals surface area contributed by atoms with Gasteiger partial charge in [-0.1, -0.05) is 17.9 Å². The monoisotopic (exact) mass is 432 g/mol. The standard InChI is InChI=1S/C22H16N4O4S/c1-30-15-4-3-14-10-26(19(27)16(14)9-15)11-22(20(28)24-21(29)25-22)7-6-13-2-5-17-18(8-13)31-12-23-17/h2-5,8-9,12H,10-11H2,1H3,(H2,24,25,28,29)/t22-/m1/s1. The molecule has 9 heteroatoms. The van der Waals surface area contributed by atoms with Crippen LogP contribution in [-0.2, 0) is 11.3 Å². The summed E-state index contributed by atoms with van der Waals surface area (Å²) in [5.41, 5.74) is 3.11. The Hall–Kier alpha value is -3.90. The largest absolute Gasteiger partial charge is 0.497 e. The summed E-state index contributed by atoms with van der Waals surface area (Å²) in [6, 6.07) is 10.2. The molecule has 0 saturated carbocycles. The molecule has 3 heterocycles. The number of fused-ring (bicyclic) bond motifs is 2. The number of hydrogen-bond donors (Lipinski definition) is 2. The van der Waals surface area contributed by atoms with Crippen molar-refractivity contribution in [2.24, 2.45) is 0 Å². The molecule has 1 fully saturated rings. The number of carbonyl (C=O) groups excluding carboxylic acids is 3. The minimum Gasteiger partial charge on any atom is -0.497 e. The minimum absolute atomic E-state index is 0.0732. The van der Waals surface area contributed by atoms with Gasteiger partial charge in [-0.05, 0) is 35.9 Å². The van der Waals surface area contributed by atoms with Gasteiger partial charge in [-0.25, -0.2) is 9.78 Å². The average molecular weight is 432 g/mol. The van der Waals surface area contributed by atoms with Crippen LogP contribution in [0.2, 0.25) is 0 Å². The summed E-state index contributed by atoms with van der Waals surface area (Å²) in [5, 5.41) is 4.86. The van der Waals surface area contributed by atoms with Crippen LogP contribution in [0.3, 0.4) is 0 Å². The highest BCUT2D eigenvalue weighted by molar-refractivity contribution is 7.16. The van der Waals surface area contributed by atoms with Gasteiger partial charge >= 0.3 is 6.03 Å². The molecular formula is C22H16N4O4S. The maximum atomic E-state index is 12.9. The predicted molar refractivity (Wildman–Crippen MR) is 114 cm³/mol. The number of imide groups is 1. The fourth-order valence-electron chi connectivity index (χ4n) is 3.72. The van der Waals surface area contributed by atoms with Gasteiger partial charge in [0.1, 0.15) is 5.75 Å². The Labute approximate surface area is 181 Å². The summed E-state index contributed by atoms with van der Waals surface area (Å²) in [7, 11) is 1.53. The van der Waals surface area contributed by atoms with Gasteiger partial charge in [0.15, 0.2) is 0 Å². The van der Waals surface area contributed by atoms with E-state index in [9.17, 15) is 14.4 Å². The van der Waals surface area contributed by atoms with Gasteiger partial charge in [0.2, 0.25) is 5.54 Å². The fraction of sp³-hybridized carbons (Fsp3) is 0.182. The number of carbonyl (C=O) groups is 3. The van der Waals surface area contributed by atoms with E-state index >= 15 is 0 Å². The van der Waals surface area contributed by atoms with Gasteiger partial charge in [-0.3, -0.25) is 14.9 Å². The number of rotatable bonds is 3. The third-order valence-electron chi connectivity index (χ3n) is 5.32. The molecule has 2 aromatic carbocycles. The fourth-order valence-corrected chi connectivity index (χ4v) is 4.44. The van der Waals surface area contributed by atoms with Gasteiger partial charge in [-0.2, -0.15) is 0 Å². The van der Waals surface area contributed by atoms with E-state index in [1.165, 1.54) is 23.3 Å². The highest BCUT2D eigenvalue weighted by Gasteiger charge is 2.48. The van der Waals surface area contributed by atoms with Gasteiger partial charge in [0.05, 0.1) is 29.4 Å². The first-order valence-electron chi connectivity index (χ1n) is 9.44. The van der Waals surface area contributed by atoms with Crippen molar-refractivity contribution in [1.29, 1.82) is 0 Å². The molecule has 1 saturated heterocycles. The van der Waals surface area contributed by atoms with E-state index in [0.717, 1.165) is 15.8 Å². The maximum absolute atomic E-state index is 12.9. The molecule has 3 aromatic rings. The predicted octanol–water partition coefficient (Wildman–Crippen LogP) is 1.89. The van der Waals surface area contributed by atoms with Crippen LogP contribution in [0.5, 0.6) is 5.75 Å². The molecule has 154 valence electrons. The van der Waals surface area contributed by atoms with E-state index in [0.29, 0.717) is 23.4 Å². The van der Waals surface area contributed by atoms with Crippen LogP contribution in [0.1, 0.15) is 21.5 Å². The Morgan fingerprint density at radius 2 is 2.10 bits per heavy atom. The number of methoxy groups -OCH3 is 1. The van der Waals surface area contributed by atoms with Crippen molar-refractivity contribution < 1.29 is 19.1 Å². The second-order valence-electron chi connectivity index (χ2n) is 7.28. The number of hydrogen-bond acceptors (Lipinski definition) is 6. The number of thiazole rings is 1. The number of benzene rings is 2. The van der Waals surface area contributed by atoms with Crippen LogP contribution in [0, 0.1) is 11.8 Å². The van der Waals surface area contributed by atoms with Crippen LogP contribution in [0.25, 0.3) is 10.2 Å². The molecule has 2 N–H and O–H groups in total. The molecule has 2 aliphatic rings. The van der Waals surface area contributed by atoms with Crippen molar-refractivity contribution >= 4 is 39.4 Å². The Balaban J connectivity index is 1.47. The van der Waals surface area contributed by atoms with E-state index in [1.54, 1.807) is 23.7 Å². The van der Waals surface area contributed by atoms with Crippen LogP contribution >= 0.6 is 11.3 Å². The lowest BCUT2D eigenvalue weighted by Gasteiger charge is -2.26. The molecule has 31 heavy (non-hydrogen) atoms. The zero-order valence-electron chi connectivity index (χ0n) is 16.4. The van der Waals surface area contributed by atoms with Crippen molar-refractivity contribution in [2.75, 3.05) is 13.7 Å². The SMILES string of the molecule is COc1ccc2c(c1)C(=O)N(C[C@@]1(C#Cc3ccc4ncsc4c3)NC(=O)NC1=O)C2. The van der Waals surface area contributed by atoms with Crippen LogP contribution < -0.4 is 15.4 Å². The second kappa shape index (κ2) is 7.11. The summed E-state index contributed by atoms with van der Waals surface area (Å²) in [5.74, 6) is 5.66. The summed E-state index contributed by atoms with van der Waals surface area (Å²) >= 11 is 1.49. The lowest BCUT2D eigenvalue weighted by atomic mass is 9.99. The Kier molecular flexibility index (Phi) is 4.38. The van der Waals surface area contributed by atoms with E-state index in [2.05, 4.69) is 27.5 Å². The smallest absolute Gasteiger partial charge is 0.323 e. The Morgan fingerprint density at radius 1 is 1.23 bits per heavy atom. The van der Waals surface area contributed by atoms with Gasteiger partial charge in [0, 0.05) is 17.7 Å². The van der Waals surface area contributed by atoms with Gasteiger partial charge < -0.3 is 15.0 Å². The first-order chi connectivity index (χ1) is 15.0. The zero-order chi connectivity index (χ0) is 21.6. The first kappa shape index (κ1) is 19.1. The highest BCUT2D eigenvalue weighted by Crippen LogP contribution is 2.28. The normalized spacial score (nSPS) is 19.6. The maximum Gasteiger partial charge on any atom is 0.323 e. The van der Waals surface area contributed by atoms with Crippen LogP contribution in [-0.4, -0.2) is 46.9 Å². The molecule has 8 nitrogen and oxygen atoms in total. The van der Waals surface area contributed by atoms with Crippen molar-refractivity contribution in [3.8, 4) is 17.6 Å². The lowest BCUT2D eigenvalue weighted by Crippen LogP contribution is -2.54. The van der Waals surface area contributed by atoms with Crippen LogP contribution in [0.15, 0.2) is 41.9 Å². The van der Waals surface area contributed by atoms with E-state index < -0.39 is 17.5 Å². The Morgan fingerprint density at radius 3 is 2.87 bits per heavy atom. The van der Waals surface area contributed by atoms with E-state index in [1.807, 2.05) is 18.2 Å². The molecule has 0 unspecified atom stereocenters. The first-order valence-corrected chi connectivity index (χ1v) is 10.3. The number of nitrogens with one attached hydrogen (secondary N) is 2. The van der Waals surface area contributed by atoms with E-state index in [-0.39, 0.29) is 12.5 Å². The third kappa shape index (κ3) is 3.27. The zero-order valence-corrected chi connectivity index (χ0v) is 17.2. The molecule has 2 aliphatic heterocycles.